The van der Waals surface area contributed by atoms with Gasteiger partial charge in [-0.05, 0) is 36.8 Å². The summed E-state index contributed by atoms with van der Waals surface area (Å²) in [7, 11) is 1.78. The molecule has 3 rings (SSSR count). The molecule has 24 heavy (non-hydrogen) atoms. The third kappa shape index (κ3) is 3.81. The highest BCUT2D eigenvalue weighted by Crippen LogP contribution is 2.20. The van der Waals surface area contributed by atoms with Crippen LogP contribution in [0.15, 0.2) is 67.0 Å². The van der Waals surface area contributed by atoms with Crippen molar-refractivity contribution in [3.63, 3.8) is 0 Å². The Balaban J connectivity index is 1.62. The second-order valence-electron chi connectivity index (χ2n) is 5.71. The number of aromatic nitrogens is 2. The molecule has 122 valence electrons. The van der Waals surface area contributed by atoms with Crippen LogP contribution < -0.4 is 10.6 Å². The van der Waals surface area contributed by atoms with Crippen LogP contribution in [-0.2, 0) is 7.05 Å². The fourth-order valence-corrected chi connectivity index (χ4v) is 2.47. The van der Waals surface area contributed by atoms with E-state index < -0.39 is 0 Å². The van der Waals surface area contributed by atoms with Gasteiger partial charge in [-0.3, -0.25) is 9.48 Å². The van der Waals surface area contributed by atoms with Crippen LogP contribution in [-0.4, -0.2) is 15.7 Å². The van der Waals surface area contributed by atoms with Crippen LogP contribution in [0.4, 0.5) is 11.4 Å². The number of nitrogens with one attached hydrogen (secondary N) is 2. The zero-order valence-electron chi connectivity index (χ0n) is 13.7. The van der Waals surface area contributed by atoms with E-state index in [-0.39, 0.29) is 11.9 Å². The van der Waals surface area contributed by atoms with Crippen LogP contribution in [0.3, 0.4) is 0 Å². The van der Waals surface area contributed by atoms with E-state index in [1.165, 1.54) is 5.56 Å². The van der Waals surface area contributed by atoms with Crippen molar-refractivity contribution in [2.75, 3.05) is 10.6 Å². The van der Waals surface area contributed by atoms with E-state index in [0.717, 1.165) is 11.4 Å². The number of aryl methyl sites for hydroxylation is 1. The van der Waals surface area contributed by atoms with Gasteiger partial charge in [0.15, 0.2) is 0 Å². The monoisotopic (exact) mass is 320 g/mol. The number of hydrogen-bond acceptors (Lipinski definition) is 3. The number of carbonyl (C=O) groups excluding carboxylic acids is 1. The number of carbonyl (C=O) groups is 1. The Morgan fingerprint density at radius 3 is 2.33 bits per heavy atom. The lowest BCUT2D eigenvalue weighted by atomic mass is 10.1. The predicted octanol–water partition coefficient (Wildman–Crippen LogP) is 3.85. The first-order valence-electron chi connectivity index (χ1n) is 7.83. The Kier molecular flexibility index (Phi) is 4.61. The predicted molar refractivity (Wildman–Crippen MR) is 96.1 cm³/mol. The van der Waals surface area contributed by atoms with Gasteiger partial charge in [-0.1, -0.05) is 30.3 Å². The second kappa shape index (κ2) is 7.00. The molecule has 0 spiro atoms. The number of hydrogen-bond donors (Lipinski definition) is 2. The van der Waals surface area contributed by atoms with Gasteiger partial charge in [0, 0.05) is 30.7 Å². The lowest BCUT2D eigenvalue weighted by molar-refractivity contribution is 0.102. The van der Waals surface area contributed by atoms with Crippen molar-refractivity contribution in [2.45, 2.75) is 13.0 Å². The largest absolute Gasteiger partial charge is 0.379 e. The Bertz CT molecular complexity index is 809. The number of amides is 1. The Labute approximate surface area is 141 Å². The Morgan fingerprint density at radius 2 is 1.71 bits per heavy atom. The standard InChI is InChI=1S/C19H20N4O/c1-14(15-6-4-3-5-7-15)21-17-8-10-18(11-9-17)22-19(24)16-12-20-23(2)13-16/h3-14,21H,1-2H3,(H,22,24). The van der Waals surface area contributed by atoms with Crippen LogP contribution in [0.2, 0.25) is 0 Å². The minimum Gasteiger partial charge on any atom is -0.379 e. The third-order valence-electron chi connectivity index (χ3n) is 3.79. The number of rotatable bonds is 5. The van der Waals surface area contributed by atoms with Crippen LogP contribution in [0, 0.1) is 0 Å². The van der Waals surface area contributed by atoms with Crippen molar-refractivity contribution in [1.82, 2.24) is 9.78 Å². The van der Waals surface area contributed by atoms with Gasteiger partial charge in [0.1, 0.15) is 0 Å². The van der Waals surface area contributed by atoms with E-state index in [0.29, 0.717) is 5.56 Å². The molecule has 0 fully saturated rings. The molecule has 0 bridgehead atoms. The fraction of sp³-hybridized carbons (Fsp3) is 0.158. The molecule has 2 N–H and O–H groups in total. The lowest BCUT2D eigenvalue weighted by Gasteiger charge is -2.16. The van der Waals surface area contributed by atoms with E-state index in [1.807, 2.05) is 42.5 Å². The summed E-state index contributed by atoms with van der Waals surface area (Å²) in [6.45, 7) is 2.12. The molecule has 0 saturated heterocycles. The van der Waals surface area contributed by atoms with Crippen molar-refractivity contribution in [2.24, 2.45) is 7.05 Å². The molecule has 1 atom stereocenters. The molecule has 5 heteroatoms. The first-order chi connectivity index (χ1) is 11.6. The van der Waals surface area contributed by atoms with Crippen LogP contribution in [0.25, 0.3) is 0 Å². The van der Waals surface area contributed by atoms with E-state index in [9.17, 15) is 4.79 Å². The minimum atomic E-state index is -0.165. The first-order valence-corrected chi connectivity index (χ1v) is 7.83. The summed E-state index contributed by atoms with van der Waals surface area (Å²) in [5, 5.41) is 10.3. The van der Waals surface area contributed by atoms with Crippen molar-refractivity contribution >= 4 is 17.3 Å². The van der Waals surface area contributed by atoms with E-state index >= 15 is 0 Å². The van der Waals surface area contributed by atoms with Crippen molar-refractivity contribution in [1.29, 1.82) is 0 Å². The van der Waals surface area contributed by atoms with E-state index in [4.69, 9.17) is 0 Å². The molecular weight excluding hydrogens is 300 g/mol. The molecular formula is C19H20N4O. The van der Waals surface area contributed by atoms with E-state index in [1.54, 1.807) is 24.1 Å². The van der Waals surface area contributed by atoms with Gasteiger partial charge in [0.25, 0.3) is 5.91 Å². The van der Waals surface area contributed by atoms with Crippen molar-refractivity contribution < 1.29 is 4.79 Å². The molecule has 2 aromatic carbocycles. The molecule has 3 aromatic rings. The number of anilines is 2. The molecule has 0 aliphatic carbocycles. The normalized spacial score (nSPS) is 11.8. The topological polar surface area (TPSA) is 58.9 Å². The summed E-state index contributed by atoms with van der Waals surface area (Å²) < 4.78 is 1.60. The van der Waals surface area contributed by atoms with Gasteiger partial charge in [-0.15, -0.1) is 0 Å². The third-order valence-corrected chi connectivity index (χ3v) is 3.79. The molecule has 0 saturated carbocycles. The summed E-state index contributed by atoms with van der Waals surface area (Å²) >= 11 is 0. The SMILES string of the molecule is CC(Nc1ccc(NC(=O)c2cnn(C)c2)cc1)c1ccccc1. The average molecular weight is 320 g/mol. The van der Waals surface area contributed by atoms with Gasteiger partial charge < -0.3 is 10.6 Å². The molecule has 1 amide bonds. The maximum absolute atomic E-state index is 12.1. The summed E-state index contributed by atoms with van der Waals surface area (Å²) in [6.07, 6.45) is 3.24. The first kappa shape index (κ1) is 15.8. The van der Waals surface area contributed by atoms with Crippen LogP contribution in [0.1, 0.15) is 28.9 Å². The zero-order chi connectivity index (χ0) is 16.9. The molecule has 0 aliphatic rings. The van der Waals surface area contributed by atoms with Gasteiger partial charge in [-0.2, -0.15) is 5.10 Å². The maximum Gasteiger partial charge on any atom is 0.258 e. The summed E-state index contributed by atoms with van der Waals surface area (Å²) in [6, 6.07) is 18.2. The lowest BCUT2D eigenvalue weighted by Crippen LogP contribution is -2.11. The van der Waals surface area contributed by atoms with Crippen molar-refractivity contribution in [3.8, 4) is 0 Å². The summed E-state index contributed by atoms with van der Waals surface area (Å²) in [4.78, 5) is 12.1. The Hall–Kier alpha value is -3.08. The smallest absolute Gasteiger partial charge is 0.258 e. The van der Waals surface area contributed by atoms with Gasteiger partial charge in [0.05, 0.1) is 11.8 Å². The van der Waals surface area contributed by atoms with Gasteiger partial charge in [-0.25, -0.2) is 0 Å². The highest BCUT2D eigenvalue weighted by molar-refractivity contribution is 6.03. The molecule has 1 aromatic heterocycles. The average Bonchev–Trinajstić information content (AvgIpc) is 3.04. The summed E-state index contributed by atoms with van der Waals surface area (Å²) in [5.41, 5.74) is 3.52. The zero-order valence-corrected chi connectivity index (χ0v) is 13.7. The Morgan fingerprint density at radius 1 is 1.04 bits per heavy atom. The van der Waals surface area contributed by atoms with Crippen molar-refractivity contribution in [3.05, 3.63) is 78.1 Å². The quantitative estimate of drug-likeness (QED) is 0.751. The molecule has 1 unspecified atom stereocenters. The molecule has 1 heterocycles. The molecule has 0 radical (unpaired) electrons. The second-order valence-corrected chi connectivity index (χ2v) is 5.71. The highest BCUT2D eigenvalue weighted by Gasteiger charge is 2.08. The number of nitrogens with zero attached hydrogens (tertiary/aromatic N) is 2. The van der Waals surface area contributed by atoms with Crippen LogP contribution >= 0.6 is 0 Å². The highest BCUT2D eigenvalue weighted by atomic mass is 16.1. The fourth-order valence-electron chi connectivity index (χ4n) is 2.47. The van der Waals surface area contributed by atoms with E-state index in [2.05, 4.69) is 34.8 Å². The van der Waals surface area contributed by atoms with Gasteiger partial charge in [0.2, 0.25) is 0 Å². The minimum absolute atomic E-state index is 0.165. The maximum atomic E-state index is 12.1. The van der Waals surface area contributed by atoms with Gasteiger partial charge >= 0.3 is 0 Å². The summed E-state index contributed by atoms with van der Waals surface area (Å²) in [5.74, 6) is -0.165. The molecule has 0 aliphatic heterocycles. The number of benzene rings is 2. The molecule has 5 nitrogen and oxygen atoms in total. The van der Waals surface area contributed by atoms with Crippen LogP contribution in [0.5, 0.6) is 0 Å².